The average Bonchev–Trinajstić information content (AvgIpc) is 2.89. The predicted octanol–water partition coefficient (Wildman–Crippen LogP) is 5.79. The minimum atomic E-state index is -0.0839. The van der Waals surface area contributed by atoms with Crippen LogP contribution in [0.5, 0.6) is 5.75 Å². The van der Waals surface area contributed by atoms with Gasteiger partial charge in [0.15, 0.2) is 6.29 Å². The van der Waals surface area contributed by atoms with Crippen molar-refractivity contribution in [2.24, 2.45) is 4.99 Å². The summed E-state index contributed by atoms with van der Waals surface area (Å²) in [7, 11) is 1.61. The van der Waals surface area contributed by atoms with Crippen molar-refractivity contribution in [2.45, 2.75) is 50.0 Å². The molecule has 0 fully saturated rings. The first-order valence-electron chi connectivity index (χ1n) is 9.62. The third-order valence-corrected chi connectivity index (χ3v) is 6.59. The number of benzene rings is 2. The van der Waals surface area contributed by atoms with E-state index >= 15 is 0 Å². The van der Waals surface area contributed by atoms with Gasteiger partial charge >= 0.3 is 0 Å². The van der Waals surface area contributed by atoms with E-state index in [1.807, 2.05) is 42.1 Å². The fraction of sp³-hybridized carbons (Fsp3) is 0.391. The number of carbonyl (C=O) groups excluding carboxylic acids is 1. The van der Waals surface area contributed by atoms with Crippen LogP contribution >= 0.6 is 11.8 Å². The molecule has 0 saturated carbocycles. The number of ether oxygens (including phenoxy) is 1. The first kappa shape index (κ1) is 19.7. The second-order valence-corrected chi connectivity index (χ2v) is 8.02. The van der Waals surface area contributed by atoms with E-state index in [9.17, 15) is 4.79 Å². The number of aldehydes is 1. The van der Waals surface area contributed by atoms with Gasteiger partial charge in [0.1, 0.15) is 5.75 Å². The van der Waals surface area contributed by atoms with Crippen molar-refractivity contribution in [2.75, 3.05) is 12.9 Å². The van der Waals surface area contributed by atoms with Crippen LogP contribution in [0.25, 0.3) is 0 Å². The van der Waals surface area contributed by atoms with Gasteiger partial charge in [0.2, 0.25) is 0 Å². The van der Waals surface area contributed by atoms with Crippen LogP contribution in [0.4, 0.5) is 0 Å². The maximum absolute atomic E-state index is 11.5. The van der Waals surface area contributed by atoms with Gasteiger partial charge in [-0.3, -0.25) is 9.79 Å². The van der Waals surface area contributed by atoms with Gasteiger partial charge in [0, 0.05) is 21.8 Å². The highest BCUT2D eigenvalue weighted by Crippen LogP contribution is 2.40. The van der Waals surface area contributed by atoms with Crippen molar-refractivity contribution >= 4 is 23.8 Å². The van der Waals surface area contributed by atoms with E-state index in [1.165, 1.54) is 12.8 Å². The molecule has 0 N–H and O–H groups in total. The van der Waals surface area contributed by atoms with Crippen molar-refractivity contribution in [3.8, 4) is 5.75 Å². The molecule has 0 aromatic heterocycles. The van der Waals surface area contributed by atoms with Gasteiger partial charge in [0.25, 0.3) is 0 Å². The number of hydrogen-bond acceptors (Lipinski definition) is 4. The van der Waals surface area contributed by atoms with Crippen LogP contribution in [0.2, 0.25) is 0 Å². The van der Waals surface area contributed by atoms with E-state index in [1.54, 1.807) is 7.11 Å². The van der Waals surface area contributed by atoms with Crippen molar-refractivity contribution in [1.82, 2.24) is 0 Å². The van der Waals surface area contributed by atoms with Crippen LogP contribution in [-0.2, 0) is 0 Å². The largest absolute Gasteiger partial charge is 0.496 e. The summed E-state index contributed by atoms with van der Waals surface area (Å²) < 4.78 is 5.48. The van der Waals surface area contributed by atoms with Crippen LogP contribution in [0.1, 0.15) is 61.0 Å². The number of methoxy groups -OCH3 is 1. The van der Waals surface area contributed by atoms with Gasteiger partial charge < -0.3 is 4.74 Å². The Morgan fingerprint density at radius 2 is 2.00 bits per heavy atom. The topological polar surface area (TPSA) is 38.7 Å². The molecule has 3 rings (SSSR count). The molecule has 1 aliphatic rings. The number of nitrogens with zero attached hydrogens (tertiary/aromatic N) is 1. The lowest BCUT2D eigenvalue weighted by Crippen LogP contribution is -2.29. The molecule has 0 aliphatic carbocycles. The third kappa shape index (κ3) is 4.11. The van der Waals surface area contributed by atoms with Gasteiger partial charge in [-0.1, -0.05) is 57.0 Å². The Hall–Kier alpha value is -2.07. The quantitative estimate of drug-likeness (QED) is 0.570. The zero-order valence-corrected chi connectivity index (χ0v) is 17.1. The second-order valence-electron chi connectivity index (χ2n) is 7.00. The molecular formula is C23H27NO2S. The first-order chi connectivity index (χ1) is 13.2. The van der Waals surface area contributed by atoms with E-state index in [2.05, 4.69) is 26.0 Å². The van der Waals surface area contributed by atoms with E-state index in [0.29, 0.717) is 11.3 Å². The number of rotatable bonds is 7. The molecular weight excluding hydrogens is 354 g/mol. The number of unbranched alkanes of at least 4 members (excludes halogenated alkanes) is 1. The molecule has 1 aliphatic heterocycles. The number of carbonyl (C=O) groups is 1. The minimum absolute atomic E-state index is 0.0839. The van der Waals surface area contributed by atoms with Gasteiger partial charge in [-0.25, -0.2) is 0 Å². The van der Waals surface area contributed by atoms with Gasteiger partial charge in [-0.2, -0.15) is 0 Å². The minimum Gasteiger partial charge on any atom is -0.496 e. The summed E-state index contributed by atoms with van der Waals surface area (Å²) in [5, 5.41) is 0. The molecule has 142 valence electrons. The van der Waals surface area contributed by atoms with Crippen molar-refractivity contribution in [3.63, 3.8) is 0 Å². The molecule has 0 saturated heterocycles. The molecule has 27 heavy (non-hydrogen) atoms. The van der Waals surface area contributed by atoms with E-state index in [4.69, 9.17) is 9.73 Å². The van der Waals surface area contributed by atoms with Crippen molar-refractivity contribution in [3.05, 3.63) is 59.2 Å². The van der Waals surface area contributed by atoms with Gasteiger partial charge in [0.05, 0.1) is 23.9 Å². The van der Waals surface area contributed by atoms with Crippen LogP contribution in [-0.4, -0.2) is 30.4 Å². The summed E-state index contributed by atoms with van der Waals surface area (Å²) in [6, 6.07) is 14.3. The maximum Gasteiger partial charge on any atom is 0.153 e. The molecule has 1 heterocycles. The zero-order chi connectivity index (χ0) is 19.3. The molecule has 2 aromatic carbocycles. The lowest BCUT2D eigenvalue weighted by atomic mass is 9.91. The first-order valence-corrected chi connectivity index (χ1v) is 10.6. The van der Waals surface area contributed by atoms with Crippen molar-refractivity contribution < 1.29 is 9.53 Å². The fourth-order valence-electron chi connectivity index (χ4n) is 3.50. The standard InChI is InChI=1S/C23H27NO2S/c1-4-6-12-23(5-2)16-27-21-13-18(15-25)20(26-3)14-19(21)22(24-23)17-10-8-7-9-11-17/h7-11,13-15H,4-6,12,16H2,1-3H3/t23-/m1/s1. The zero-order valence-electron chi connectivity index (χ0n) is 16.3. The lowest BCUT2D eigenvalue weighted by Gasteiger charge is -2.28. The molecule has 0 amide bonds. The second kappa shape index (κ2) is 8.75. The van der Waals surface area contributed by atoms with Crippen LogP contribution in [0, 0.1) is 0 Å². The Kier molecular flexibility index (Phi) is 6.38. The smallest absolute Gasteiger partial charge is 0.153 e. The molecule has 0 bridgehead atoms. The Labute approximate surface area is 166 Å². The fourth-order valence-corrected chi connectivity index (χ4v) is 4.86. The molecule has 4 heteroatoms. The summed E-state index contributed by atoms with van der Waals surface area (Å²) in [4.78, 5) is 18.0. The van der Waals surface area contributed by atoms with Crippen LogP contribution in [0.3, 0.4) is 0 Å². The maximum atomic E-state index is 11.5. The van der Waals surface area contributed by atoms with E-state index < -0.39 is 0 Å². The Bertz CT molecular complexity index is 832. The summed E-state index contributed by atoms with van der Waals surface area (Å²) >= 11 is 1.81. The van der Waals surface area contributed by atoms with Crippen LogP contribution in [0.15, 0.2) is 52.4 Å². The molecule has 3 nitrogen and oxygen atoms in total. The predicted molar refractivity (Wildman–Crippen MR) is 114 cm³/mol. The highest BCUT2D eigenvalue weighted by molar-refractivity contribution is 7.99. The third-order valence-electron chi connectivity index (χ3n) is 5.26. The molecule has 0 spiro atoms. The summed E-state index contributed by atoms with van der Waals surface area (Å²) in [6.07, 6.45) is 5.28. The van der Waals surface area contributed by atoms with Crippen molar-refractivity contribution in [1.29, 1.82) is 0 Å². The average molecular weight is 382 g/mol. The van der Waals surface area contributed by atoms with Gasteiger partial charge in [-0.15, -0.1) is 11.8 Å². The summed E-state index contributed by atoms with van der Waals surface area (Å²) in [5.74, 6) is 1.53. The summed E-state index contributed by atoms with van der Waals surface area (Å²) in [5.41, 5.74) is 3.68. The molecule has 2 aromatic rings. The highest BCUT2D eigenvalue weighted by Gasteiger charge is 2.32. The van der Waals surface area contributed by atoms with E-state index in [-0.39, 0.29) is 5.54 Å². The number of hydrogen-bond donors (Lipinski definition) is 0. The summed E-state index contributed by atoms with van der Waals surface area (Å²) in [6.45, 7) is 4.46. The lowest BCUT2D eigenvalue weighted by molar-refractivity contribution is 0.112. The number of aliphatic imine (C=N–C) groups is 1. The Balaban J connectivity index is 2.21. The number of thioether (sulfide) groups is 1. The monoisotopic (exact) mass is 381 g/mol. The number of fused-ring (bicyclic) bond motifs is 1. The Morgan fingerprint density at radius 3 is 2.63 bits per heavy atom. The molecule has 0 radical (unpaired) electrons. The van der Waals surface area contributed by atoms with Crippen LogP contribution < -0.4 is 4.74 Å². The van der Waals surface area contributed by atoms with E-state index in [0.717, 1.165) is 46.6 Å². The highest BCUT2D eigenvalue weighted by atomic mass is 32.2. The van der Waals surface area contributed by atoms with Gasteiger partial charge in [-0.05, 0) is 25.0 Å². The molecule has 0 unspecified atom stereocenters. The SMILES string of the molecule is CCCC[C@]1(CC)CSc2cc(C=O)c(OC)cc2C(c2ccccc2)=N1. The molecule has 1 atom stereocenters. The normalized spacial score (nSPS) is 19.0. The Morgan fingerprint density at radius 1 is 1.22 bits per heavy atom.